The van der Waals surface area contributed by atoms with Crippen molar-refractivity contribution in [3.8, 4) is 5.75 Å². The smallest absolute Gasteiger partial charge is 0.223 e. The molecule has 0 bridgehead atoms. The molecule has 2 heterocycles. The van der Waals surface area contributed by atoms with Crippen LogP contribution >= 0.6 is 0 Å². The van der Waals surface area contributed by atoms with Gasteiger partial charge in [0.05, 0.1) is 12.8 Å². The van der Waals surface area contributed by atoms with Gasteiger partial charge in [-0.15, -0.1) is 5.10 Å². The van der Waals surface area contributed by atoms with Crippen LogP contribution in [0.15, 0.2) is 30.3 Å². The van der Waals surface area contributed by atoms with E-state index in [-0.39, 0.29) is 5.91 Å². The molecule has 1 aliphatic heterocycles. The Hall–Kier alpha value is -2.63. The van der Waals surface area contributed by atoms with Gasteiger partial charge >= 0.3 is 0 Å². The molecule has 6 heteroatoms. The quantitative estimate of drug-likeness (QED) is 0.798. The monoisotopic (exact) mass is 380 g/mol. The lowest BCUT2D eigenvalue weighted by atomic mass is 9.97. The number of aromatic nitrogens is 2. The maximum Gasteiger partial charge on any atom is 0.223 e. The lowest BCUT2D eigenvalue weighted by Gasteiger charge is -2.35. The van der Waals surface area contributed by atoms with Crippen LogP contribution in [0, 0.1) is 0 Å². The highest BCUT2D eigenvalue weighted by atomic mass is 16.5. The maximum atomic E-state index is 12.6. The fourth-order valence-electron chi connectivity index (χ4n) is 4.13. The van der Waals surface area contributed by atoms with Gasteiger partial charge in [-0.2, -0.15) is 5.10 Å². The first kappa shape index (κ1) is 18.7. The first-order valence-corrected chi connectivity index (χ1v) is 10.2. The Kier molecular flexibility index (Phi) is 5.74. The van der Waals surface area contributed by atoms with Gasteiger partial charge in [0.1, 0.15) is 5.75 Å². The molecule has 0 N–H and O–H groups in total. The Balaban J connectivity index is 1.30. The standard InChI is InChI=1S/C22H28N4O2/c1-28-20-9-5-3-6-17(20)10-11-22(27)26-14-12-25(13-15-26)21-16-18-7-2-4-8-19(18)23-24-21/h3,5-6,9,16H,2,4,7-8,10-15H2,1H3. The van der Waals surface area contributed by atoms with E-state index in [1.807, 2.05) is 29.2 Å². The van der Waals surface area contributed by atoms with Gasteiger partial charge in [0, 0.05) is 32.6 Å². The molecule has 1 fully saturated rings. The molecule has 6 nitrogen and oxygen atoms in total. The van der Waals surface area contributed by atoms with Crippen LogP contribution in [-0.2, 0) is 24.1 Å². The van der Waals surface area contributed by atoms with E-state index >= 15 is 0 Å². The number of benzene rings is 1. The van der Waals surface area contributed by atoms with E-state index < -0.39 is 0 Å². The van der Waals surface area contributed by atoms with Crippen LogP contribution in [0.2, 0.25) is 0 Å². The van der Waals surface area contributed by atoms with E-state index in [1.54, 1.807) is 7.11 Å². The topological polar surface area (TPSA) is 58.6 Å². The zero-order valence-corrected chi connectivity index (χ0v) is 16.6. The van der Waals surface area contributed by atoms with Gasteiger partial charge in [-0.1, -0.05) is 18.2 Å². The van der Waals surface area contributed by atoms with Crippen molar-refractivity contribution in [3.05, 3.63) is 47.2 Å². The van der Waals surface area contributed by atoms with E-state index in [2.05, 4.69) is 21.2 Å². The number of amides is 1. The average molecular weight is 380 g/mol. The van der Waals surface area contributed by atoms with Crippen LogP contribution in [0.1, 0.15) is 36.1 Å². The number of rotatable bonds is 5. The van der Waals surface area contributed by atoms with Gasteiger partial charge in [-0.05, 0) is 55.4 Å². The summed E-state index contributed by atoms with van der Waals surface area (Å²) in [6.45, 7) is 3.11. The summed E-state index contributed by atoms with van der Waals surface area (Å²) in [6, 6.07) is 10.1. The number of hydrogen-bond donors (Lipinski definition) is 0. The summed E-state index contributed by atoms with van der Waals surface area (Å²) in [6.07, 6.45) is 5.85. The number of nitrogens with zero attached hydrogens (tertiary/aromatic N) is 4. The summed E-state index contributed by atoms with van der Waals surface area (Å²) in [5, 5.41) is 8.88. The molecular formula is C22H28N4O2. The summed E-state index contributed by atoms with van der Waals surface area (Å²) >= 11 is 0. The second-order valence-corrected chi connectivity index (χ2v) is 7.56. The molecule has 28 heavy (non-hydrogen) atoms. The Morgan fingerprint density at radius 2 is 1.86 bits per heavy atom. The zero-order chi connectivity index (χ0) is 19.3. The molecule has 2 aromatic rings. The Morgan fingerprint density at radius 1 is 1.07 bits per heavy atom. The predicted octanol–water partition coefficient (Wildman–Crippen LogP) is 2.65. The third-order valence-electron chi connectivity index (χ3n) is 5.81. The molecule has 0 unspecified atom stereocenters. The Labute approximate surface area is 166 Å². The SMILES string of the molecule is COc1ccccc1CCC(=O)N1CCN(c2cc3c(nn2)CCCC3)CC1. The Morgan fingerprint density at radius 3 is 2.68 bits per heavy atom. The van der Waals surface area contributed by atoms with Crippen LogP contribution in [0.4, 0.5) is 5.82 Å². The van der Waals surface area contributed by atoms with Crippen molar-refractivity contribution in [3.63, 3.8) is 0 Å². The van der Waals surface area contributed by atoms with Gasteiger partial charge < -0.3 is 14.5 Å². The van der Waals surface area contributed by atoms with Gasteiger partial charge in [0.25, 0.3) is 0 Å². The molecule has 148 valence electrons. The van der Waals surface area contributed by atoms with E-state index in [1.165, 1.54) is 24.1 Å². The van der Waals surface area contributed by atoms with Gasteiger partial charge in [0.15, 0.2) is 5.82 Å². The molecular weight excluding hydrogens is 352 g/mol. The number of hydrogen-bond acceptors (Lipinski definition) is 5. The average Bonchev–Trinajstić information content (AvgIpc) is 2.77. The predicted molar refractivity (Wildman–Crippen MR) is 109 cm³/mol. The van der Waals surface area contributed by atoms with Crippen LogP contribution in [0.25, 0.3) is 0 Å². The molecule has 1 aliphatic carbocycles. The highest BCUT2D eigenvalue weighted by Crippen LogP contribution is 2.23. The summed E-state index contributed by atoms with van der Waals surface area (Å²) < 4.78 is 5.38. The van der Waals surface area contributed by atoms with Crippen LogP contribution < -0.4 is 9.64 Å². The number of aryl methyl sites for hydroxylation is 3. The number of piperazine rings is 1. The van der Waals surface area contributed by atoms with Crippen LogP contribution in [-0.4, -0.2) is 54.3 Å². The fourth-order valence-corrected chi connectivity index (χ4v) is 4.13. The largest absolute Gasteiger partial charge is 0.496 e. The van der Waals surface area contributed by atoms with E-state index in [9.17, 15) is 4.79 Å². The highest BCUT2D eigenvalue weighted by molar-refractivity contribution is 5.77. The third-order valence-corrected chi connectivity index (χ3v) is 5.81. The van der Waals surface area contributed by atoms with Crippen LogP contribution in [0.3, 0.4) is 0 Å². The number of ether oxygens (including phenoxy) is 1. The molecule has 0 radical (unpaired) electrons. The van der Waals surface area contributed by atoms with Crippen molar-refractivity contribution in [2.45, 2.75) is 38.5 Å². The third kappa shape index (κ3) is 4.11. The fraction of sp³-hybridized carbons (Fsp3) is 0.500. The minimum absolute atomic E-state index is 0.210. The number of methoxy groups -OCH3 is 1. The molecule has 1 saturated heterocycles. The minimum atomic E-state index is 0.210. The van der Waals surface area contributed by atoms with Crippen molar-refractivity contribution < 1.29 is 9.53 Å². The maximum absolute atomic E-state index is 12.6. The van der Waals surface area contributed by atoms with Crippen molar-refractivity contribution in [2.75, 3.05) is 38.2 Å². The second-order valence-electron chi connectivity index (χ2n) is 7.56. The zero-order valence-electron chi connectivity index (χ0n) is 16.6. The number of carbonyl (C=O) groups is 1. The van der Waals surface area contributed by atoms with E-state index in [4.69, 9.17) is 4.74 Å². The molecule has 2 aliphatic rings. The second kappa shape index (κ2) is 8.59. The lowest BCUT2D eigenvalue weighted by molar-refractivity contribution is -0.131. The molecule has 0 saturated carbocycles. The van der Waals surface area contributed by atoms with Crippen molar-refractivity contribution in [1.82, 2.24) is 15.1 Å². The highest BCUT2D eigenvalue weighted by Gasteiger charge is 2.23. The van der Waals surface area contributed by atoms with Crippen molar-refractivity contribution in [2.24, 2.45) is 0 Å². The molecule has 4 rings (SSSR count). The first-order chi connectivity index (χ1) is 13.7. The summed E-state index contributed by atoms with van der Waals surface area (Å²) in [5.41, 5.74) is 3.60. The number of fused-ring (bicyclic) bond motifs is 1. The molecule has 0 spiro atoms. The normalized spacial score (nSPS) is 16.6. The number of carbonyl (C=O) groups excluding carboxylic acids is 1. The first-order valence-electron chi connectivity index (χ1n) is 10.2. The molecule has 0 atom stereocenters. The number of para-hydroxylation sites is 1. The molecule has 1 aromatic heterocycles. The Bertz CT molecular complexity index is 831. The summed E-state index contributed by atoms with van der Waals surface area (Å²) in [5.74, 6) is 2.02. The summed E-state index contributed by atoms with van der Waals surface area (Å²) in [7, 11) is 1.67. The van der Waals surface area contributed by atoms with E-state index in [0.717, 1.165) is 56.2 Å². The van der Waals surface area contributed by atoms with Crippen LogP contribution in [0.5, 0.6) is 5.75 Å². The molecule has 1 aromatic carbocycles. The van der Waals surface area contributed by atoms with Gasteiger partial charge in [-0.25, -0.2) is 0 Å². The number of anilines is 1. The van der Waals surface area contributed by atoms with Gasteiger partial charge in [0.2, 0.25) is 5.91 Å². The van der Waals surface area contributed by atoms with Crippen molar-refractivity contribution >= 4 is 11.7 Å². The van der Waals surface area contributed by atoms with Gasteiger partial charge in [-0.3, -0.25) is 4.79 Å². The molecule has 1 amide bonds. The van der Waals surface area contributed by atoms with Crippen molar-refractivity contribution in [1.29, 1.82) is 0 Å². The van der Waals surface area contributed by atoms with E-state index in [0.29, 0.717) is 12.8 Å². The summed E-state index contributed by atoms with van der Waals surface area (Å²) in [4.78, 5) is 16.9. The lowest BCUT2D eigenvalue weighted by Crippen LogP contribution is -2.49. The minimum Gasteiger partial charge on any atom is -0.496 e.